The Kier molecular flexibility index (Phi) is 4.13. The molecule has 0 N–H and O–H groups in total. The van der Waals surface area contributed by atoms with Crippen LogP contribution in [0.3, 0.4) is 0 Å². The Morgan fingerprint density at radius 1 is 1.36 bits per heavy atom. The Labute approximate surface area is 127 Å². The van der Waals surface area contributed by atoms with Crippen LogP contribution in [-0.2, 0) is 11.3 Å². The van der Waals surface area contributed by atoms with E-state index < -0.39 is 0 Å². The van der Waals surface area contributed by atoms with Gasteiger partial charge < -0.3 is 9.64 Å². The maximum atomic E-state index is 12.1. The zero-order valence-corrected chi connectivity index (χ0v) is 12.0. The molecule has 1 aromatic heterocycles. The fourth-order valence-corrected chi connectivity index (χ4v) is 2.46. The van der Waals surface area contributed by atoms with E-state index in [4.69, 9.17) is 4.74 Å². The molecule has 22 heavy (non-hydrogen) atoms. The predicted octanol–water partition coefficient (Wildman–Crippen LogP) is 1.67. The summed E-state index contributed by atoms with van der Waals surface area (Å²) in [4.78, 5) is 24.3. The lowest BCUT2D eigenvalue weighted by Gasteiger charge is -2.16. The minimum Gasteiger partial charge on any atom is -0.445 e. The summed E-state index contributed by atoms with van der Waals surface area (Å²) in [5, 5.41) is 7.65. The van der Waals surface area contributed by atoms with Crippen molar-refractivity contribution in [3.63, 3.8) is 0 Å². The number of ether oxygens (including phenoxy) is 1. The van der Waals surface area contributed by atoms with Gasteiger partial charge in [-0.25, -0.2) is 9.48 Å². The molecule has 114 valence electrons. The fourth-order valence-electron chi connectivity index (χ4n) is 2.46. The highest BCUT2D eigenvalue weighted by Crippen LogP contribution is 2.21. The van der Waals surface area contributed by atoms with Gasteiger partial charge in [-0.1, -0.05) is 35.5 Å². The first kappa shape index (κ1) is 14.2. The first-order valence-electron chi connectivity index (χ1n) is 7.09. The minimum absolute atomic E-state index is 0.0328. The summed E-state index contributed by atoms with van der Waals surface area (Å²) in [7, 11) is 0. The Hall–Kier alpha value is -2.70. The predicted molar refractivity (Wildman–Crippen MR) is 77.3 cm³/mol. The summed E-state index contributed by atoms with van der Waals surface area (Å²) in [5.41, 5.74) is 1.25. The number of carbonyl (C=O) groups is 2. The van der Waals surface area contributed by atoms with Gasteiger partial charge in [-0.15, -0.1) is 5.10 Å². The highest BCUT2D eigenvalue weighted by atomic mass is 16.6. The van der Waals surface area contributed by atoms with Crippen LogP contribution in [0.25, 0.3) is 0 Å². The van der Waals surface area contributed by atoms with Crippen LogP contribution in [0.1, 0.15) is 28.5 Å². The Morgan fingerprint density at radius 2 is 2.18 bits per heavy atom. The van der Waals surface area contributed by atoms with Gasteiger partial charge in [0, 0.05) is 13.1 Å². The standard InChI is InChI=1S/C15H16N4O3/c20-10-13-8-19(17-16-13)14-6-7-18(9-14)15(21)22-11-12-4-2-1-3-5-12/h1-5,8,10,14H,6-7,9,11H2/t14-/m1/s1. The van der Waals surface area contributed by atoms with E-state index in [1.807, 2.05) is 30.3 Å². The molecule has 0 saturated carbocycles. The van der Waals surface area contributed by atoms with E-state index in [0.29, 0.717) is 25.1 Å². The van der Waals surface area contributed by atoms with E-state index in [1.54, 1.807) is 15.8 Å². The van der Waals surface area contributed by atoms with Crippen LogP contribution >= 0.6 is 0 Å². The molecule has 2 aromatic rings. The Bertz CT molecular complexity index is 656. The van der Waals surface area contributed by atoms with Crippen molar-refractivity contribution in [2.75, 3.05) is 13.1 Å². The van der Waals surface area contributed by atoms with Crippen molar-refractivity contribution in [2.24, 2.45) is 0 Å². The van der Waals surface area contributed by atoms with Crippen LogP contribution in [0.5, 0.6) is 0 Å². The lowest BCUT2D eigenvalue weighted by Crippen LogP contribution is -2.29. The number of hydrogen-bond donors (Lipinski definition) is 0. The number of likely N-dealkylation sites (tertiary alicyclic amines) is 1. The third kappa shape index (κ3) is 3.13. The van der Waals surface area contributed by atoms with Gasteiger partial charge in [0.15, 0.2) is 6.29 Å². The van der Waals surface area contributed by atoms with Crippen LogP contribution < -0.4 is 0 Å². The number of aromatic nitrogens is 3. The third-order valence-corrected chi connectivity index (χ3v) is 3.65. The summed E-state index contributed by atoms with van der Waals surface area (Å²) in [5.74, 6) is 0. The molecule has 3 rings (SSSR count). The molecule has 1 fully saturated rings. The Morgan fingerprint density at radius 3 is 2.91 bits per heavy atom. The SMILES string of the molecule is O=Cc1cn([C@@H]2CCN(C(=O)OCc3ccccc3)C2)nn1. The molecule has 1 saturated heterocycles. The molecule has 0 spiro atoms. The van der Waals surface area contributed by atoms with E-state index in [1.165, 1.54) is 0 Å². The summed E-state index contributed by atoms with van der Waals surface area (Å²) in [6, 6.07) is 9.59. The minimum atomic E-state index is -0.331. The van der Waals surface area contributed by atoms with Gasteiger partial charge in [0.2, 0.25) is 0 Å². The zero-order valence-electron chi connectivity index (χ0n) is 12.0. The second-order valence-corrected chi connectivity index (χ2v) is 5.17. The van der Waals surface area contributed by atoms with E-state index >= 15 is 0 Å². The third-order valence-electron chi connectivity index (χ3n) is 3.65. The van der Waals surface area contributed by atoms with Gasteiger partial charge >= 0.3 is 6.09 Å². The molecule has 1 aliphatic rings. The van der Waals surface area contributed by atoms with Gasteiger partial charge in [-0.05, 0) is 12.0 Å². The topological polar surface area (TPSA) is 77.3 Å². The first-order valence-corrected chi connectivity index (χ1v) is 7.09. The largest absolute Gasteiger partial charge is 0.445 e. The number of benzene rings is 1. The average Bonchev–Trinajstić information content (AvgIpc) is 3.22. The molecule has 0 bridgehead atoms. The molecule has 7 heteroatoms. The number of rotatable bonds is 4. The van der Waals surface area contributed by atoms with E-state index in [0.717, 1.165) is 12.0 Å². The zero-order chi connectivity index (χ0) is 15.4. The second kappa shape index (κ2) is 6.38. The average molecular weight is 300 g/mol. The number of amides is 1. The van der Waals surface area contributed by atoms with Crippen molar-refractivity contribution in [1.29, 1.82) is 0 Å². The van der Waals surface area contributed by atoms with Gasteiger partial charge in [0.05, 0.1) is 12.2 Å². The molecule has 0 aliphatic carbocycles. The second-order valence-electron chi connectivity index (χ2n) is 5.17. The Balaban J connectivity index is 1.53. The molecule has 0 radical (unpaired) electrons. The number of carbonyl (C=O) groups excluding carboxylic acids is 2. The molecular formula is C15H16N4O3. The summed E-state index contributed by atoms with van der Waals surface area (Å²) < 4.78 is 6.94. The van der Waals surface area contributed by atoms with Gasteiger partial charge in [0.1, 0.15) is 12.3 Å². The highest BCUT2D eigenvalue weighted by molar-refractivity contribution is 5.70. The lowest BCUT2D eigenvalue weighted by molar-refractivity contribution is 0.103. The molecule has 1 amide bonds. The first-order chi connectivity index (χ1) is 10.8. The number of nitrogens with zero attached hydrogens (tertiary/aromatic N) is 4. The van der Waals surface area contributed by atoms with Gasteiger partial charge in [-0.3, -0.25) is 4.79 Å². The quantitative estimate of drug-likeness (QED) is 0.803. The van der Waals surface area contributed by atoms with Crippen LogP contribution in [0.15, 0.2) is 36.5 Å². The van der Waals surface area contributed by atoms with Crippen molar-refractivity contribution in [2.45, 2.75) is 19.1 Å². The smallest absolute Gasteiger partial charge is 0.410 e. The van der Waals surface area contributed by atoms with Crippen molar-refractivity contribution >= 4 is 12.4 Å². The van der Waals surface area contributed by atoms with E-state index in [9.17, 15) is 9.59 Å². The van der Waals surface area contributed by atoms with E-state index in [2.05, 4.69) is 10.3 Å². The summed E-state index contributed by atoms with van der Waals surface area (Å²) in [6.07, 6.45) is 2.69. The molecule has 2 heterocycles. The molecule has 0 unspecified atom stereocenters. The normalized spacial score (nSPS) is 17.5. The van der Waals surface area contributed by atoms with Crippen molar-refractivity contribution in [3.8, 4) is 0 Å². The van der Waals surface area contributed by atoms with Crippen molar-refractivity contribution in [3.05, 3.63) is 47.8 Å². The summed E-state index contributed by atoms with van der Waals surface area (Å²) >= 11 is 0. The molecule has 1 aliphatic heterocycles. The van der Waals surface area contributed by atoms with E-state index in [-0.39, 0.29) is 18.7 Å². The van der Waals surface area contributed by atoms with Gasteiger partial charge in [-0.2, -0.15) is 0 Å². The molecular weight excluding hydrogens is 284 g/mol. The highest BCUT2D eigenvalue weighted by Gasteiger charge is 2.29. The van der Waals surface area contributed by atoms with Crippen LogP contribution in [0.2, 0.25) is 0 Å². The van der Waals surface area contributed by atoms with Crippen molar-refractivity contribution in [1.82, 2.24) is 19.9 Å². The lowest BCUT2D eigenvalue weighted by atomic mass is 10.2. The maximum Gasteiger partial charge on any atom is 0.410 e. The number of hydrogen-bond acceptors (Lipinski definition) is 5. The monoisotopic (exact) mass is 300 g/mol. The number of aldehydes is 1. The molecule has 1 atom stereocenters. The summed E-state index contributed by atoms with van der Waals surface area (Å²) in [6.45, 7) is 1.38. The van der Waals surface area contributed by atoms with Crippen LogP contribution in [-0.4, -0.2) is 45.4 Å². The fraction of sp³-hybridized carbons (Fsp3) is 0.333. The molecule has 7 nitrogen and oxygen atoms in total. The maximum absolute atomic E-state index is 12.1. The van der Waals surface area contributed by atoms with Crippen LogP contribution in [0.4, 0.5) is 4.79 Å². The molecule has 1 aromatic carbocycles. The van der Waals surface area contributed by atoms with Crippen molar-refractivity contribution < 1.29 is 14.3 Å². The van der Waals surface area contributed by atoms with Crippen LogP contribution in [0, 0.1) is 0 Å². The van der Waals surface area contributed by atoms with Gasteiger partial charge in [0.25, 0.3) is 0 Å².